The highest BCUT2D eigenvalue weighted by Crippen LogP contribution is 2.46. The van der Waals surface area contributed by atoms with Gasteiger partial charge in [0, 0.05) is 4.47 Å². The summed E-state index contributed by atoms with van der Waals surface area (Å²) in [5.74, 6) is 0.224. The summed E-state index contributed by atoms with van der Waals surface area (Å²) in [7, 11) is -3.16. The molecule has 1 N–H and O–H groups in total. The predicted molar refractivity (Wildman–Crippen MR) is 76.9 cm³/mol. The maximum absolute atomic E-state index is 12.0. The lowest BCUT2D eigenvalue weighted by molar-refractivity contribution is 0.549. The Morgan fingerprint density at radius 1 is 1.28 bits per heavy atom. The number of benzene rings is 1. The average Bonchev–Trinajstić information content (AvgIpc) is 3.07. The summed E-state index contributed by atoms with van der Waals surface area (Å²) in [6.45, 7) is 2.00. The molecule has 1 aromatic rings. The minimum absolute atomic E-state index is 0.224. The van der Waals surface area contributed by atoms with Gasteiger partial charge in [-0.25, -0.2) is 13.1 Å². The molecule has 3 nitrogen and oxygen atoms in total. The first-order valence-corrected chi connectivity index (χ1v) is 8.70. The fourth-order valence-electron chi connectivity index (χ4n) is 2.03. The lowest BCUT2D eigenvalue weighted by Gasteiger charge is -2.18. The molecule has 5 heteroatoms. The normalized spacial score (nSPS) is 17.7. The van der Waals surface area contributed by atoms with Crippen LogP contribution in [0, 0.1) is 0 Å². The fourth-order valence-corrected chi connectivity index (χ4v) is 3.98. The molecule has 1 aliphatic rings. The van der Waals surface area contributed by atoms with Gasteiger partial charge in [0.05, 0.1) is 11.3 Å². The Balaban J connectivity index is 2.11. The van der Waals surface area contributed by atoms with Gasteiger partial charge >= 0.3 is 0 Å². The van der Waals surface area contributed by atoms with Crippen LogP contribution in [0.4, 0.5) is 0 Å². The molecule has 1 fully saturated rings. The predicted octanol–water partition coefficient (Wildman–Crippen LogP) is 3.16. The molecule has 0 aliphatic heterocycles. The smallest absolute Gasteiger partial charge is 0.212 e. The molecule has 0 bridgehead atoms. The second-order valence-electron chi connectivity index (χ2n) is 4.86. The molecule has 2 rings (SSSR count). The summed E-state index contributed by atoms with van der Waals surface area (Å²) in [5, 5.41) is 0. The number of sulfonamides is 1. The van der Waals surface area contributed by atoms with Crippen molar-refractivity contribution >= 4 is 26.0 Å². The Kier molecular flexibility index (Phi) is 4.14. The molecular weight excluding hydrogens is 314 g/mol. The van der Waals surface area contributed by atoms with Crippen LogP contribution in [0.25, 0.3) is 0 Å². The zero-order valence-corrected chi connectivity index (χ0v) is 12.9. The van der Waals surface area contributed by atoms with E-state index in [-0.39, 0.29) is 11.3 Å². The number of hydrogen-bond acceptors (Lipinski definition) is 2. The summed E-state index contributed by atoms with van der Waals surface area (Å²) in [5.41, 5.74) is 0.721. The van der Waals surface area contributed by atoms with E-state index in [1.54, 1.807) is 0 Å². The molecule has 0 radical (unpaired) electrons. The van der Waals surface area contributed by atoms with E-state index in [4.69, 9.17) is 0 Å². The second-order valence-corrected chi connectivity index (χ2v) is 7.62. The van der Waals surface area contributed by atoms with E-state index in [2.05, 4.69) is 20.7 Å². The first kappa shape index (κ1) is 14.0. The van der Waals surface area contributed by atoms with E-state index in [0.717, 1.165) is 29.3 Å². The van der Waals surface area contributed by atoms with Crippen molar-refractivity contribution < 1.29 is 8.42 Å². The van der Waals surface area contributed by atoms with Gasteiger partial charge in [-0.05, 0) is 37.0 Å². The molecule has 100 valence electrons. The molecule has 1 aromatic carbocycles. The van der Waals surface area contributed by atoms with Crippen molar-refractivity contribution in [2.75, 3.05) is 5.75 Å². The van der Waals surface area contributed by atoms with E-state index < -0.39 is 10.0 Å². The van der Waals surface area contributed by atoms with E-state index >= 15 is 0 Å². The minimum Gasteiger partial charge on any atom is -0.212 e. The van der Waals surface area contributed by atoms with Crippen molar-refractivity contribution in [1.29, 1.82) is 0 Å². The molecule has 1 saturated carbocycles. The molecule has 0 amide bonds. The molecular formula is C13H18BrNO2S. The molecule has 0 heterocycles. The second kappa shape index (κ2) is 5.31. The van der Waals surface area contributed by atoms with E-state index in [1.165, 1.54) is 0 Å². The van der Waals surface area contributed by atoms with Gasteiger partial charge in [0.1, 0.15) is 0 Å². The molecule has 0 spiro atoms. The number of nitrogens with one attached hydrogen (secondary N) is 1. The van der Waals surface area contributed by atoms with E-state index in [1.807, 2.05) is 31.2 Å². The fraction of sp³-hybridized carbons (Fsp3) is 0.538. The van der Waals surface area contributed by atoms with Gasteiger partial charge in [0.25, 0.3) is 0 Å². The maximum atomic E-state index is 12.0. The quantitative estimate of drug-likeness (QED) is 0.870. The van der Waals surface area contributed by atoms with Crippen LogP contribution in [0.3, 0.4) is 0 Å². The number of hydrogen-bond donors (Lipinski definition) is 1. The zero-order valence-electron chi connectivity index (χ0n) is 10.4. The largest absolute Gasteiger partial charge is 0.212 e. The standard InChI is InChI=1S/C13H18BrNO2S/c1-2-3-10-18(16,17)15-13(8-9-13)11-4-6-12(14)7-5-11/h4-7,15H,2-3,8-10H2,1H3. The third kappa shape index (κ3) is 3.33. The maximum Gasteiger partial charge on any atom is 0.212 e. The summed E-state index contributed by atoms with van der Waals surface area (Å²) in [4.78, 5) is 0. The molecule has 18 heavy (non-hydrogen) atoms. The summed E-state index contributed by atoms with van der Waals surface area (Å²) < 4.78 is 27.8. The summed E-state index contributed by atoms with van der Waals surface area (Å²) in [6.07, 6.45) is 3.39. The highest BCUT2D eigenvalue weighted by molar-refractivity contribution is 9.10. The monoisotopic (exact) mass is 331 g/mol. The Morgan fingerprint density at radius 2 is 1.89 bits per heavy atom. The van der Waals surface area contributed by atoms with Crippen molar-refractivity contribution in [3.8, 4) is 0 Å². The third-order valence-corrected chi connectivity index (χ3v) is 5.32. The molecule has 0 aromatic heterocycles. The van der Waals surface area contributed by atoms with Crippen LogP contribution in [0.2, 0.25) is 0 Å². The van der Waals surface area contributed by atoms with Crippen molar-refractivity contribution in [3.63, 3.8) is 0 Å². The first-order chi connectivity index (χ1) is 8.47. The summed E-state index contributed by atoms with van der Waals surface area (Å²) in [6, 6.07) is 7.88. The van der Waals surface area contributed by atoms with Gasteiger partial charge in [-0.1, -0.05) is 41.4 Å². The van der Waals surface area contributed by atoms with Crippen LogP contribution in [0.1, 0.15) is 38.2 Å². The lowest BCUT2D eigenvalue weighted by atomic mass is 10.1. The minimum atomic E-state index is -3.16. The van der Waals surface area contributed by atoms with Gasteiger partial charge in [-0.3, -0.25) is 0 Å². The third-order valence-electron chi connectivity index (χ3n) is 3.26. The van der Waals surface area contributed by atoms with Crippen molar-refractivity contribution in [2.24, 2.45) is 0 Å². The van der Waals surface area contributed by atoms with Crippen molar-refractivity contribution in [2.45, 2.75) is 38.1 Å². The Hall–Kier alpha value is -0.390. The van der Waals surface area contributed by atoms with Crippen LogP contribution in [0.15, 0.2) is 28.7 Å². The van der Waals surface area contributed by atoms with Crippen LogP contribution in [0.5, 0.6) is 0 Å². The van der Waals surface area contributed by atoms with Crippen molar-refractivity contribution in [3.05, 3.63) is 34.3 Å². The van der Waals surface area contributed by atoms with Gasteiger partial charge in [-0.2, -0.15) is 0 Å². The van der Waals surface area contributed by atoms with Gasteiger partial charge in [0.15, 0.2) is 0 Å². The van der Waals surface area contributed by atoms with Crippen LogP contribution >= 0.6 is 15.9 Å². The molecule has 0 unspecified atom stereocenters. The topological polar surface area (TPSA) is 46.2 Å². The van der Waals surface area contributed by atoms with Crippen molar-refractivity contribution in [1.82, 2.24) is 4.72 Å². The van der Waals surface area contributed by atoms with E-state index in [9.17, 15) is 8.42 Å². The Labute approximate surface area is 117 Å². The Bertz CT molecular complexity index is 506. The van der Waals surface area contributed by atoms with Crippen LogP contribution < -0.4 is 4.72 Å². The SMILES string of the molecule is CCCCS(=O)(=O)NC1(c2ccc(Br)cc2)CC1. The van der Waals surface area contributed by atoms with Gasteiger partial charge in [0.2, 0.25) is 10.0 Å². The molecule has 0 atom stereocenters. The Morgan fingerprint density at radius 3 is 2.39 bits per heavy atom. The van der Waals surface area contributed by atoms with Crippen LogP contribution in [-0.4, -0.2) is 14.2 Å². The average molecular weight is 332 g/mol. The highest BCUT2D eigenvalue weighted by atomic mass is 79.9. The summed E-state index contributed by atoms with van der Waals surface area (Å²) >= 11 is 3.39. The molecule has 0 saturated heterocycles. The lowest BCUT2D eigenvalue weighted by Crippen LogP contribution is -2.36. The van der Waals surface area contributed by atoms with Gasteiger partial charge < -0.3 is 0 Å². The van der Waals surface area contributed by atoms with Gasteiger partial charge in [-0.15, -0.1) is 0 Å². The molecule has 1 aliphatic carbocycles. The van der Waals surface area contributed by atoms with E-state index in [0.29, 0.717) is 6.42 Å². The first-order valence-electron chi connectivity index (χ1n) is 6.25. The zero-order chi connectivity index (χ0) is 13.2. The van der Waals surface area contributed by atoms with Crippen LogP contribution in [-0.2, 0) is 15.6 Å². The number of rotatable bonds is 6. The number of halogens is 1. The number of unbranched alkanes of at least 4 members (excludes halogenated alkanes) is 1. The highest BCUT2D eigenvalue weighted by Gasteiger charge is 2.46.